The summed E-state index contributed by atoms with van der Waals surface area (Å²) in [6, 6.07) is 18.3. The van der Waals surface area contributed by atoms with E-state index in [-0.39, 0.29) is 17.3 Å². The lowest BCUT2D eigenvalue weighted by atomic mass is 10.1. The van der Waals surface area contributed by atoms with Gasteiger partial charge < -0.3 is 15.0 Å². The molecule has 0 spiro atoms. The van der Waals surface area contributed by atoms with E-state index >= 15 is 0 Å². The second-order valence-corrected chi connectivity index (χ2v) is 11.8. The van der Waals surface area contributed by atoms with E-state index in [2.05, 4.69) is 5.32 Å². The molecule has 1 unspecified atom stereocenters. The zero-order valence-corrected chi connectivity index (χ0v) is 24.9. The molecule has 1 N–H and O–H groups in total. The standard InChI is InChI=1S/C31H39N3O5S/c1-7-17-32-31(36)25(5)33(20-26-9-8-10-27(19-26)39-6)30(35)21-34(29-16-13-23(3)18-24(29)4)40(37,38)28-14-11-22(2)12-15-28/h8-16,18-19,25H,7,17,20-21H2,1-6H3,(H,32,36). The molecule has 3 rings (SSSR count). The van der Waals surface area contributed by atoms with Crippen LogP contribution in [0.15, 0.2) is 71.6 Å². The van der Waals surface area contributed by atoms with E-state index in [0.717, 1.165) is 33.0 Å². The summed E-state index contributed by atoms with van der Waals surface area (Å²) >= 11 is 0. The van der Waals surface area contributed by atoms with Crippen LogP contribution in [-0.4, -0.2) is 51.4 Å². The van der Waals surface area contributed by atoms with E-state index in [1.807, 2.05) is 52.0 Å². The number of nitrogens with zero attached hydrogens (tertiary/aromatic N) is 2. The number of carbonyl (C=O) groups is 2. The highest BCUT2D eigenvalue weighted by molar-refractivity contribution is 7.92. The molecule has 8 nitrogen and oxygen atoms in total. The van der Waals surface area contributed by atoms with Crippen molar-refractivity contribution in [2.75, 3.05) is 24.5 Å². The van der Waals surface area contributed by atoms with Crippen LogP contribution in [0.2, 0.25) is 0 Å². The number of rotatable bonds is 12. The summed E-state index contributed by atoms with van der Waals surface area (Å²) in [6.07, 6.45) is 0.748. The number of ether oxygens (including phenoxy) is 1. The van der Waals surface area contributed by atoms with Crippen LogP contribution in [0.3, 0.4) is 0 Å². The monoisotopic (exact) mass is 565 g/mol. The van der Waals surface area contributed by atoms with Crippen LogP contribution in [0.1, 0.15) is 42.5 Å². The van der Waals surface area contributed by atoms with E-state index in [0.29, 0.717) is 18.0 Å². The second-order valence-electron chi connectivity index (χ2n) is 9.95. The van der Waals surface area contributed by atoms with E-state index < -0.39 is 28.5 Å². The molecule has 0 aliphatic carbocycles. The summed E-state index contributed by atoms with van der Waals surface area (Å²) in [6.45, 7) is 9.31. The molecule has 0 aliphatic heterocycles. The van der Waals surface area contributed by atoms with Gasteiger partial charge in [0, 0.05) is 13.1 Å². The molecule has 3 aromatic rings. The van der Waals surface area contributed by atoms with Crippen LogP contribution >= 0.6 is 0 Å². The molecule has 3 aromatic carbocycles. The van der Waals surface area contributed by atoms with Gasteiger partial charge in [-0.25, -0.2) is 8.42 Å². The first kappa shape index (κ1) is 30.7. The van der Waals surface area contributed by atoms with Crippen LogP contribution in [0.4, 0.5) is 5.69 Å². The predicted molar refractivity (Wildman–Crippen MR) is 158 cm³/mol. The SMILES string of the molecule is CCCNC(=O)C(C)N(Cc1cccc(OC)c1)C(=O)CN(c1ccc(C)cc1C)S(=O)(=O)c1ccc(C)cc1. The first-order valence-corrected chi connectivity index (χ1v) is 14.8. The van der Waals surface area contributed by atoms with Crippen molar-refractivity contribution in [1.82, 2.24) is 10.2 Å². The van der Waals surface area contributed by atoms with E-state index in [1.165, 1.54) is 4.90 Å². The lowest BCUT2D eigenvalue weighted by Gasteiger charge is -2.32. The normalized spacial score (nSPS) is 11.9. The van der Waals surface area contributed by atoms with Gasteiger partial charge in [-0.05, 0) is 75.6 Å². The molecule has 0 radical (unpaired) electrons. The fraction of sp³-hybridized carbons (Fsp3) is 0.355. The summed E-state index contributed by atoms with van der Waals surface area (Å²) < 4.78 is 34.4. The molecule has 2 amide bonds. The number of carbonyl (C=O) groups excluding carboxylic acids is 2. The lowest BCUT2D eigenvalue weighted by molar-refractivity contribution is -0.139. The zero-order chi connectivity index (χ0) is 29.4. The smallest absolute Gasteiger partial charge is 0.264 e. The predicted octanol–water partition coefficient (Wildman–Crippen LogP) is 4.76. The van der Waals surface area contributed by atoms with E-state index in [1.54, 1.807) is 56.5 Å². The number of nitrogens with one attached hydrogen (secondary N) is 1. The first-order chi connectivity index (χ1) is 19.0. The maximum Gasteiger partial charge on any atom is 0.264 e. The number of methoxy groups -OCH3 is 1. The minimum atomic E-state index is -4.11. The van der Waals surface area contributed by atoms with Gasteiger partial charge >= 0.3 is 0 Å². The molecule has 214 valence electrons. The average molecular weight is 566 g/mol. The summed E-state index contributed by atoms with van der Waals surface area (Å²) in [4.78, 5) is 28.5. The molecule has 0 aromatic heterocycles. The topological polar surface area (TPSA) is 96.0 Å². The Balaban J connectivity index is 2.06. The minimum absolute atomic E-state index is 0.0824. The van der Waals surface area contributed by atoms with Crippen molar-refractivity contribution in [3.63, 3.8) is 0 Å². The molecular formula is C31H39N3O5S. The Morgan fingerprint density at radius 1 is 0.950 bits per heavy atom. The summed E-state index contributed by atoms with van der Waals surface area (Å²) in [5.74, 6) is -0.193. The minimum Gasteiger partial charge on any atom is -0.497 e. The van der Waals surface area contributed by atoms with Crippen LogP contribution in [0, 0.1) is 20.8 Å². The number of benzene rings is 3. The molecule has 9 heteroatoms. The van der Waals surface area contributed by atoms with Crippen molar-refractivity contribution < 1.29 is 22.7 Å². The lowest BCUT2D eigenvalue weighted by Crippen LogP contribution is -2.51. The van der Waals surface area contributed by atoms with Crippen molar-refractivity contribution in [3.8, 4) is 5.75 Å². The van der Waals surface area contributed by atoms with Crippen LogP contribution in [-0.2, 0) is 26.2 Å². The fourth-order valence-electron chi connectivity index (χ4n) is 4.38. The maximum atomic E-state index is 14.0. The molecule has 0 aliphatic rings. The third-order valence-corrected chi connectivity index (χ3v) is 8.49. The average Bonchev–Trinajstić information content (AvgIpc) is 2.93. The first-order valence-electron chi connectivity index (χ1n) is 13.3. The van der Waals surface area contributed by atoms with Gasteiger partial charge in [0.2, 0.25) is 11.8 Å². The Kier molecular flexibility index (Phi) is 10.3. The zero-order valence-electron chi connectivity index (χ0n) is 24.1. The van der Waals surface area contributed by atoms with Crippen molar-refractivity contribution in [3.05, 3.63) is 89.0 Å². The van der Waals surface area contributed by atoms with Gasteiger partial charge in [0.25, 0.3) is 10.0 Å². The van der Waals surface area contributed by atoms with Crippen LogP contribution in [0.5, 0.6) is 5.75 Å². The Bertz CT molecular complexity index is 1440. The summed E-state index contributed by atoms with van der Waals surface area (Å²) in [5.41, 5.74) is 3.77. The van der Waals surface area contributed by atoms with Gasteiger partial charge in [-0.2, -0.15) is 0 Å². The van der Waals surface area contributed by atoms with Gasteiger partial charge in [0.15, 0.2) is 0 Å². The Morgan fingerprint density at radius 3 is 2.25 bits per heavy atom. The number of anilines is 1. The molecule has 1 atom stereocenters. The van der Waals surface area contributed by atoms with Crippen molar-refractivity contribution in [1.29, 1.82) is 0 Å². The summed E-state index contributed by atoms with van der Waals surface area (Å²) in [5, 5.41) is 2.85. The molecule has 0 heterocycles. The molecule has 0 fully saturated rings. The number of aryl methyl sites for hydroxylation is 3. The highest BCUT2D eigenvalue weighted by Gasteiger charge is 2.33. The molecular weight excluding hydrogens is 526 g/mol. The van der Waals surface area contributed by atoms with Crippen molar-refractivity contribution in [2.24, 2.45) is 0 Å². The number of hydrogen-bond donors (Lipinski definition) is 1. The fourth-order valence-corrected chi connectivity index (χ4v) is 5.86. The third-order valence-electron chi connectivity index (χ3n) is 6.71. The number of sulfonamides is 1. The van der Waals surface area contributed by atoms with Gasteiger partial charge in [-0.3, -0.25) is 13.9 Å². The van der Waals surface area contributed by atoms with Gasteiger partial charge in [-0.1, -0.05) is 54.4 Å². The van der Waals surface area contributed by atoms with Gasteiger partial charge in [0.05, 0.1) is 17.7 Å². The highest BCUT2D eigenvalue weighted by atomic mass is 32.2. The number of hydrogen-bond acceptors (Lipinski definition) is 5. The van der Waals surface area contributed by atoms with Crippen LogP contribution < -0.4 is 14.4 Å². The van der Waals surface area contributed by atoms with Gasteiger partial charge in [0.1, 0.15) is 18.3 Å². The van der Waals surface area contributed by atoms with E-state index in [4.69, 9.17) is 4.74 Å². The molecule has 0 saturated heterocycles. The Hall–Kier alpha value is -3.85. The maximum absolute atomic E-state index is 14.0. The molecule has 0 bridgehead atoms. The van der Waals surface area contributed by atoms with E-state index in [9.17, 15) is 18.0 Å². The van der Waals surface area contributed by atoms with Gasteiger partial charge in [-0.15, -0.1) is 0 Å². The highest BCUT2D eigenvalue weighted by Crippen LogP contribution is 2.28. The molecule has 40 heavy (non-hydrogen) atoms. The van der Waals surface area contributed by atoms with Crippen molar-refractivity contribution >= 4 is 27.5 Å². The van der Waals surface area contributed by atoms with Crippen molar-refractivity contribution in [2.45, 2.75) is 58.5 Å². The largest absolute Gasteiger partial charge is 0.497 e. The third kappa shape index (κ3) is 7.41. The second kappa shape index (κ2) is 13.5. The number of amides is 2. The Labute approximate surface area is 238 Å². The van der Waals surface area contributed by atoms with Crippen LogP contribution in [0.25, 0.3) is 0 Å². The Morgan fingerprint density at radius 2 is 1.62 bits per heavy atom. The molecule has 0 saturated carbocycles. The summed E-state index contributed by atoms with van der Waals surface area (Å²) in [7, 11) is -2.56. The quantitative estimate of drug-likeness (QED) is 0.342.